The monoisotopic (exact) mass is 324 g/mol. The molecule has 7 heteroatoms. The zero-order valence-corrected chi connectivity index (χ0v) is 13.8. The number of nitrogens with zero attached hydrogens (tertiary/aromatic N) is 4. The van der Waals surface area contributed by atoms with Crippen molar-refractivity contribution in [3.05, 3.63) is 11.6 Å². The van der Waals surface area contributed by atoms with E-state index in [1.807, 2.05) is 0 Å². The molecule has 22 heavy (non-hydrogen) atoms. The topological polar surface area (TPSA) is 68.1 Å². The first-order valence-electron chi connectivity index (χ1n) is 8.56. The van der Waals surface area contributed by atoms with Gasteiger partial charge in [0.25, 0.3) is 0 Å². The van der Waals surface area contributed by atoms with E-state index in [0.717, 1.165) is 63.1 Å². The second kappa shape index (κ2) is 5.60. The lowest BCUT2D eigenvalue weighted by Crippen LogP contribution is -2.34. The van der Waals surface area contributed by atoms with Gasteiger partial charge in [-0.25, -0.2) is 8.42 Å². The molecular weight excluding hydrogens is 300 g/mol. The highest BCUT2D eigenvalue weighted by atomic mass is 32.2. The Hall–Kier alpha value is -0.950. The van der Waals surface area contributed by atoms with Crippen LogP contribution in [0.15, 0.2) is 0 Å². The molecule has 2 fully saturated rings. The summed E-state index contributed by atoms with van der Waals surface area (Å²) in [6.07, 6.45) is 8.42. The van der Waals surface area contributed by atoms with Crippen LogP contribution in [0.5, 0.6) is 0 Å². The van der Waals surface area contributed by atoms with Crippen LogP contribution in [0, 0.1) is 5.92 Å². The first kappa shape index (κ1) is 14.6. The van der Waals surface area contributed by atoms with Gasteiger partial charge in [0.05, 0.1) is 11.8 Å². The molecule has 0 bridgehead atoms. The van der Waals surface area contributed by atoms with E-state index in [1.54, 1.807) is 4.31 Å². The average molecular weight is 324 g/mol. The third-order valence-electron chi connectivity index (χ3n) is 5.14. The van der Waals surface area contributed by atoms with Crippen LogP contribution in [0.3, 0.4) is 0 Å². The van der Waals surface area contributed by atoms with Crippen LogP contribution in [-0.2, 0) is 23.0 Å². The van der Waals surface area contributed by atoms with Crippen molar-refractivity contribution in [3.8, 4) is 0 Å². The molecule has 0 spiro atoms. The number of aryl methyl sites for hydroxylation is 1. The van der Waals surface area contributed by atoms with Crippen LogP contribution in [0.25, 0.3) is 0 Å². The van der Waals surface area contributed by atoms with Gasteiger partial charge in [-0.05, 0) is 44.4 Å². The van der Waals surface area contributed by atoms with E-state index < -0.39 is 10.0 Å². The first-order valence-corrected chi connectivity index (χ1v) is 10.2. The quantitative estimate of drug-likeness (QED) is 0.848. The summed E-state index contributed by atoms with van der Waals surface area (Å²) >= 11 is 0. The lowest BCUT2D eigenvalue weighted by molar-refractivity contribution is 0.369. The minimum absolute atomic E-state index is 0.0944. The van der Waals surface area contributed by atoms with E-state index in [1.165, 1.54) is 6.42 Å². The first-order chi connectivity index (χ1) is 10.6. The summed E-state index contributed by atoms with van der Waals surface area (Å²) in [5.41, 5.74) is 0. The molecule has 3 aliphatic rings. The van der Waals surface area contributed by atoms with E-state index >= 15 is 0 Å². The van der Waals surface area contributed by atoms with Gasteiger partial charge in [0.15, 0.2) is 5.82 Å². The van der Waals surface area contributed by atoms with Gasteiger partial charge in [-0.15, -0.1) is 10.2 Å². The van der Waals surface area contributed by atoms with Crippen LogP contribution in [-0.4, -0.2) is 39.8 Å². The normalized spacial score (nSPS) is 26.8. The maximum absolute atomic E-state index is 12.7. The van der Waals surface area contributed by atoms with Crippen LogP contribution in [0.4, 0.5) is 0 Å². The van der Waals surface area contributed by atoms with Crippen LogP contribution < -0.4 is 0 Å². The zero-order chi connectivity index (χ0) is 15.2. The van der Waals surface area contributed by atoms with Crippen molar-refractivity contribution in [3.63, 3.8) is 0 Å². The standard InChI is InChI=1S/C15H24N4O2S/c20-22(21,11-12-7-8-12)19-10-4-5-13(19)15-17-16-14-6-2-1-3-9-18(14)15/h12-13H,1-11H2/t13-/m1/s1. The minimum atomic E-state index is -3.16. The van der Waals surface area contributed by atoms with Crippen LogP contribution in [0.2, 0.25) is 0 Å². The third-order valence-corrected chi connectivity index (χ3v) is 7.18. The number of sulfonamides is 1. The van der Waals surface area contributed by atoms with Gasteiger partial charge in [0, 0.05) is 19.5 Å². The molecule has 0 aromatic carbocycles. The Morgan fingerprint density at radius 1 is 1.00 bits per heavy atom. The highest BCUT2D eigenvalue weighted by Crippen LogP contribution is 2.38. The Morgan fingerprint density at radius 2 is 1.86 bits per heavy atom. The van der Waals surface area contributed by atoms with Crippen molar-refractivity contribution in [2.24, 2.45) is 5.92 Å². The molecule has 0 unspecified atom stereocenters. The fourth-order valence-corrected chi connectivity index (χ4v) is 5.88. The van der Waals surface area contributed by atoms with Gasteiger partial charge < -0.3 is 4.57 Å². The second-order valence-electron chi connectivity index (χ2n) is 6.93. The Labute approximate surface area is 132 Å². The van der Waals surface area contributed by atoms with E-state index in [9.17, 15) is 8.42 Å². The Morgan fingerprint density at radius 3 is 2.68 bits per heavy atom. The predicted molar refractivity (Wildman–Crippen MR) is 82.8 cm³/mol. The van der Waals surface area contributed by atoms with Crippen molar-refractivity contribution >= 4 is 10.0 Å². The van der Waals surface area contributed by atoms with Gasteiger partial charge in [-0.3, -0.25) is 0 Å². The molecule has 3 heterocycles. The fourth-order valence-electron chi connectivity index (χ4n) is 3.76. The van der Waals surface area contributed by atoms with E-state index in [-0.39, 0.29) is 6.04 Å². The minimum Gasteiger partial charge on any atom is -0.314 e. The maximum Gasteiger partial charge on any atom is 0.215 e. The fraction of sp³-hybridized carbons (Fsp3) is 0.867. The molecule has 0 radical (unpaired) electrons. The molecule has 1 saturated heterocycles. The number of rotatable bonds is 4. The lowest BCUT2D eigenvalue weighted by Gasteiger charge is -2.24. The largest absolute Gasteiger partial charge is 0.314 e. The third kappa shape index (κ3) is 2.69. The molecule has 1 saturated carbocycles. The van der Waals surface area contributed by atoms with Crippen molar-refractivity contribution in [2.45, 2.75) is 64.0 Å². The molecule has 1 aromatic rings. The molecule has 0 N–H and O–H groups in total. The van der Waals surface area contributed by atoms with Gasteiger partial charge in [-0.2, -0.15) is 4.31 Å². The van der Waals surface area contributed by atoms with Gasteiger partial charge >= 0.3 is 0 Å². The smallest absolute Gasteiger partial charge is 0.215 e. The molecule has 1 aliphatic carbocycles. The number of hydrogen-bond acceptors (Lipinski definition) is 4. The Kier molecular flexibility index (Phi) is 3.72. The van der Waals surface area contributed by atoms with Gasteiger partial charge in [0.2, 0.25) is 10.0 Å². The second-order valence-corrected chi connectivity index (χ2v) is 8.89. The van der Waals surface area contributed by atoms with Crippen LogP contribution in [0.1, 0.15) is 62.6 Å². The summed E-state index contributed by atoms with van der Waals surface area (Å²) in [5, 5.41) is 8.73. The van der Waals surface area contributed by atoms with Crippen LogP contribution >= 0.6 is 0 Å². The molecule has 4 rings (SSSR count). The van der Waals surface area contributed by atoms with Gasteiger partial charge in [-0.1, -0.05) is 6.42 Å². The van der Waals surface area contributed by atoms with Crippen molar-refractivity contribution in [1.82, 2.24) is 19.1 Å². The SMILES string of the molecule is O=S(=O)(CC1CC1)N1CCC[C@@H]1c1nnc2n1CCCCC2. The van der Waals surface area contributed by atoms with E-state index in [0.29, 0.717) is 18.2 Å². The summed E-state index contributed by atoms with van der Waals surface area (Å²) in [7, 11) is -3.16. The summed E-state index contributed by atoms with van der Waals surface area (Å²) in [4.78, 5) is 0. The predicted octanol–water partition coefficient (Wildman–Crippen LogP) is 1.88. The molecule has 2 aliphatic heterocycles. The molecule has 1 atom stereocenters. The molecule has 6 nitrogen and oxygen atoms in total. The summed E-state index contributed by atoms with van der Waals surface area (Å²) in [5.74, 6) is 2.64. The molecule has 122 valence electrons. The Balaban J connectivity index is 1.62. The average Bonchev–Trinajstić information content (AvgIpc) is 3.06. The molecule has 1 aromatic heterocycles. The summed E-state index contributed by atoms with van der Waals surface area (Å²) in [6, 6.07) is -0.0944. The van der Waals surface area contributed by atoms with Crippen molar-refractivity contribution in [1.29, 1.82) is 0 Å². The highest BCUT2D eigenvalue weighted by Gasteiger charge is 2.40. The van der Waals surface area contributed by atoms with Crippen molar-refractivity contribution < 1.29 is 8.42 Å². The number of fused-ring (bicyclic) bond motifs is 1. The van der Waals surface area contributed by atoms with E-state index in [4.69, 9.17) is 0 Å². The van der Waals surface area contributed by atoms with Crippen molar-refractivity contribution in [2.75, 3.05) is 12.3 Å². The molecule has 0 amide bonds. The maximum atomic E-state index is 12.7. The van der Waals surface area contributed by atoms with E-state index in [2.05, 4.69) is 14.8 Å². The summed E-state index contributed by atoms with van der Waals surface area (Å²) < 4.78 is 29.3. The zero-order valence-electron chi connectivity index (χ0n) is 12.9. The molecular formula is C15H24N4O2S. The van der Waals surface area contributed by atoms with Gasteiger partial charge in [0.1, 0.15) is 5.82 Å². The highest BCUT2D eigenvalue weighted by molar-refractivity contribution is 7.89. The summed E-state index contributed by atoms with van der Waals surface area (Å²) in [6.45, 7) is 1.58. The Bertz CT molecular complexity index is 650. The lowest BCUT2D eigenvalue weighted by atomic mass is 10.2. The number of hydrogen-bond donors (Lipinski definition) is 0. The number of aromatic nitrogens is 3.